The summed E-state index contributed by atoms with van der Waals surface area (Å²) in [6.07, 6.45) is 7.59. The summed E-state index contributed by atoms with van der Waals surface area (Å²) in [5.74, 6) is 3.51. The Balaban J connectivity index is 1.61. The van der Waals surface area contributed by atoms with Crippen molar-refractivity contribution in [2.75, 3.05) is 70.9 Å². The second-order valence-electron chi connectivity index (χ2n) is 6.84. The topological polar surface area (TPSA) is 60.0 Å². The molecule has 8 heteroatoms. The summed E-state index contributed by atoms with van der Waals surface area (Å²) in [7, 11) is -1.45. The van der Waals surface area contributed by atoms with Gasteiger partial charge in [-0.25, -0.2) is 13.4 Å². The van der Waals surface area contributed by atoms with Gasteiger partial charge in [0.1, 0.15) is 10.7 Å². The first-order chi connectivity index (χ1) is 12.5. The first-order valence-corrected chi connectivity index (χ1v) is 10.5. The molecule has 0 atom stereocenters. The van der Waals surface area contributed by atoms with Crippen LogP contribution >= 0.6 is 0 Å². The molecule has 2 aliphatic rings. The van der Waals surface area contributed by atoms with Crippen LogP contribution in [0.3, 0.4) is 0 Å². The fourth-order valence-corrected chi connectivity index (χ4v) is 4.68. The third kappa shape index (κ3) is 4.35. The Bertz CT molecular complexity index is 728. The molecule has 3 rings (SSSR count). The fourth-order valence-electron chi connectivity index (χ4n) is 3.31. The largest absolute Gasteiger partial charge is 0.354 e. The summed E-state index contributed by atoms with van der Waals surface area (Å²) in [5.41, 5.74) is 0. The van der Waals surface area contributed by atoms with E-state index >= 15 is 0 Å². The summed E-state index contributed by atoms with van der Waals surface area (Å²) in [6.45, 7) is 7.16. The number of hydrogen-bond acceptors (Lipinski definition) is 6. The molecule has 1 aromatic heterocycles. The van der Waals surface area contributed by atoms with Gasteiger partial charge >= 0.3 is 0 Å². The van der Waals surface area contributed by atoms with Crippen molar-refractivity contribution in [2.24, 2.45) is 0 Å². The summed E-state index contributed by atoms with van der Waals surface area (Å²) >= 11 is 0. The van der Waals surface area contributed by atoms with Crippen LogP contribution in [-0.4, -0.2) is 93.5 Å². The fraction of sp³-hybridized carbons (Fsp3) is 0.611. The van der Waals surface area contributed by atoms with Crippen LogP contribution in [0.5, 0.6) is 0 Å². The van der Waals surface area contributed by atoms with Crippen LogP contribution in [0.2, 0.25) is 0 Å². The van der Waals surface area contributed by atoms with Gasteiger partial charge in [0.25, 0.3) is 0 Å². The van der Waals surface area contributed by atoms with Gasteiger partial charge in [-0.05, 0) is 19.2 Å². The zero-order valence-electron chi connectivity index (χ0n) is 15.3. The number of anilines is 1. The first kappa shape index (κ1) is 19.1. The number of hydrogen-bond donors (Lipinski definition) is 0. The Morgan fingerprint density at radius 1 is 1.08 bits per heavy atom. The number of sulfonamides is 1. The molecule has 26 heavy (non-hydrogen) atoms. The number of piperazine rings is 2. The molecule has 0 N–H and O–H groups in total. The Hall–Kier alpha value is -1.66. The van der Waals surface area contributed by atoms with E-state index in [1.807, 2.05) is 13.1 Å². The van der Waals surface area contributed by atoms with Crippen LogP contribution in [0.4, 0.5) is 5.82 Å². The number of rotatable bonds is 5. The third-order valence-corrected chi connectivity index (χ3v) is 6.97. The predicted octanol–water partition coefficient (Wildman–Crippen LogP) is 0.163. The molecule has 0 spiro atoms. The average molecular weight is 378 g/mol. The number of nitrogens with zero attached hydrogens (tertiary/aromatic N) is 5. The minimum atomic E-state index is -3.45. The van der Waals surface area contributed by atoms with E-state index in [1.54, 1.807) is 10.4 Å². The number of likely N-dealkylation sites (N-methyl/N-ethyl adjacent to an activating group) is 1. The van der Waals surface area contributed by atoms with Crippen molar-refractivity contribution < 1.29 is 8.42 Å². The van der Waals surface area contributed by atoms with Crippen molar-refractivity contribution in [1.82, 2.24) is 19.1 Å². The predicted molar refractivity (Wildman–Crippen MR) is 103 cm³/mol. The quantitative estimate of drug-likeness (QED) is 0.682. The summed E-state index contributed by atoms with van der Waals surface area (Å²) in [5, 5.41) is 0. The Morgan fingerprint density at radius 3 is 2.35 bits per heavy atom. The van der Waals surface area contributed by atoms with Gasteiger partial charge in [0.15, 0.2) is 0 Å². The molecule has 3 heterocycles. The Morgan fingerprint density at radius 2 is 1.77 bits per heavy atom. The summed E-state index contributed by atoms with van der Waals surface area (Å²) in [4.78, 5) is 11.4. The van der Waals surface area contributed by atoms with Crippen LogP contribution in [0, 0.1) is 12.3 Å². The summed E-state index contributed by atoms with van der Waals surface area (Å²) in [6, 6.07) is 3.50. The molecule has 0 bridgehead atoms. The van der Waals surface area contributed by atoms with Gasteiger partial charge in [0.2, 0.25) is 10.0 Å². The van der Waals surface area contributed by atoms with Gasteiger partial charge in [0.05, 0.1) is 0 Å². The molecule has 0 unspecified atom stereocenters. The molecule has 2 fully saturated rings. The summed E-state index contributed by atoms with van der Waals surface area (Å²) < 4.78 is 27.1. The van der Waals surface area contributed by atoms with E-state index < -0.39 is 10.0 Å². The van der Waals surface area contributed by atoms with Gasteiger partial charge in [-0.15, -0.1) is 12.3 Å². The average Bonchev–Trinajstić information content (AvgIpc) is 2.67. The highest BCUT2D eigenvalue weighted by molar-refractivity contribution is 7.89. The molecule has 2 aliphatic heterocycles. The maximum absolute atomic E-state index is 12.8. The molecule has 7 nitrogen and oxygen atoms in total. The van der Waals surface area contributed by atoms with Crippen molar-refractivity contribution in [1.29, 1.82) is 0 Å². The zero-order chi connectivity index (χ0) is 18.6. The van der Waals surface area contributed by atoms with E-state index in [0.717, 1.165) is 58.1 Å². The lowest BCUT2D eigenvalue weighted by molar-refractivity contribution is 0.222. The lowest BCUT2D eigenvalue weighted by atomic mass is 10.3. The van der Waals surface area contributed by atoms with Crippen molar-refractivity contribution in [3.8, 4) is 12.3 Å². The lowest BCUT2D eigenvalue weighted by Gasteiger charge is -2.35. The van der Waals surface area contributed by atoms with Crippen LogP contribution in [0.25, 0.3) is 0 Å². The number of aromatic nitrogens is 1. The second kappa shape index (κ2) is 8.35. The van der Waals surface area contributed by atoms with Gasteiger partial charge in [-0.2, -0.15) is 4.31 Å². The maximum Gasteiger partial charge on any atom is 0.244 e. The number of terminal acetylenes is 1. The molecule has 0 saturated carbocycles. The Kier molecular flexibility index (Phi) is 6.14. The molecule has 142 valence electrons. The van der Waals surface area contributed by atoms with Gasteiger partial charge in [0, 0.05) is 71.5 Å². The monoisotopic (exact) mass is 377 g/mol. The standard InChI is InChI=1S/C18H27N5O2S/c1-3-4-7-21-10-12-22(13-11-21)18-6-5-17(16-19-18)26(24,25)23-14-8-20(2)9-15-23/h1,5-6,16H,4,7-15H2,2H3. The Labute approximate surface area is 156 Å². The van der Waals surface area contributed by atoms with E-state index in [0.29, 0.717) is 13.1 Å². The molecular formula is C18H27N5O2S. The van der Waals surface area contributed by atoms with Crippen molar-refractivity contribution in [3.05, 3.63) is 18.3 Å². The molecule has 0 amide bonds. The lowest BCUT2D eigenvalue weighted by Crippen LogP contribution is -2.47. The maximum atomic E-state index is 12.8. The van der Waals surface area contributed by atoms with Crippen molar-refractivity contribution >= 4 is 15.8 Å². The van der Waals surface area contributed by atoms with Crippen LogP contribution < -0.4 is 4.90 Å². The zero-order valence-corrected chi connectivity index (χ0v) is 16.2. The highest BCUT2D eigenvalue weighted by Crippen LogP contribution is 2.20. The van der Waals surface area contributed by atoms with E-state index in [9.17, 15) is 8.42 Å². The highest BCUT2D eigenvalue weighted by atomic mass is 32.2. The molecule has 0 radical (unpaired) electrons. The van der Waals surface area contributed by atoms with E-state index in [2.05, 4.69) is 25.6 Å². The van der Waals surface area contributed by atoms with Crippen molar-refractivity contribution in [3.63, 3.8) is 0 Å². The minimum absolute atomic E-state index is 0.276. The molecular weight excluding hydrogens is 350 g/mol. The van der Waals surface area contributed by atoms with Crippen LogP contribution in [-0.2, 0) is 10.0 Å². The van der Waals surface area contributed by atoms with Crippen molar-refractivity contribution in [2.45, 2.75) is 11.3 Å². The second-order valence-corrected chi connectivity index (χ2v) is 8.78. The molecule has 0 aliphatic carbocycles. The molecule has 1 aromatic rings. The van der Waals surface area contributed by atoms with E-state index in [1.165, 1.54) is 6.20 Å². The van der Waals surface area contributed by atoms with Crippen LogP contribution in [0.15, 0.2) is 23.2 Å². The first-order valence-electron chi connectivity index (χ1n) is 9.06. The third-order valence-electron chi connectivity index (χ3n) is 5.09. The number of pyridine rings is 1. The van der Waals surface area contributed by atoms with Gasteiger partial charge in [-0.3, -0.25) is 4.90 Å². The molecule has 0 aromatic carbocycles. The van der Waals surface area contributed by atoms with Gasteiger partial charge in [-0.1, -0.05) is 0 Å². The van der Waals surface area contributed by atoms with Gasteiger partial charge < -0.3 is 9.80 Å². The normalized spacial score (nSPS) is 20.8. The minimum Gasteiger partial charge on any atom is -0.354 e. The SMILES string of the molecule is C#CCCN1CCN(c2ccc(S(=O)(=O)N3CCN(C)CC3)cn2)CC1. The highest BCUT2D eigenvalue weighted by Gasteiger charge is 2.28. The smallest absolute Gasteiger partial charge is 0.244 e. The molecule has 2 saturated heterocycles. The van der Waals surface area contributed by atoms with Crippen LogP contribution in [0.1, 0.15) is 6.42 Å². The van der Waals surface area contributed by atoms with E-state index in [4.69, 9.17) is 6.42 Å². The van der Waals surface area contributed by atoms with E-state index in [-0.39, 0.29) is 4.90 Å².